The topological polar surface area (TPSA) is 12.0 Å². The van der Waals surface area contributed by atoms with E-state index in [2.05, 4.69) is 39.9 Å². The zero-order chi connectivity index (χ0) is 10.1. The normalized spacial score (nSPS) is 22.8. The second-order valence-electron chi connectivity index (χ2n) is 5.78. The van der Waals surface area contributed by atoms with Crippen molar-refractivity contribution in [3.8, 4) is 0 Å². The summed E-state index contributed by atoms with van der Waals surface area (Å²) in [5.74, 6) is 0.891. The Hall–Kier alpha value is -0.0400. The third-order valence-corrected chi connectivity index (χ3v) is 3.52. The van der Waals surface area contributed by atoms with E-state index in [0.717, 1.165) is 5.92 Å². The molecule has 0 spiro atoms. The van der Waals surface area contributed by atoms with Crippen molar-refractivity contribution in [3.05, 3.63) is 0 Å². The largest absolute Gasteiger partial charge is 0.312 e. The van der Waals surface area contributed by atoms with Crippen LogP contribution in [0, 0.1) is 11.3 Å². The van der Waals surface area contributed by atoms with Crippen LogP contribution < -0.4 is 5.32 Å². The van der Waals surface area contributed by atoms with Crippen molar-refractivity contribution in [2.75, 3.05) is 6.54 Å². The summed E-state index contributed by atoms with van der Waals surface area (Å²) in [6, 6.07) is 0. The van der Waals surface area contributed by atoms with E-state index in [-0.39, 0.29) is 5.54 Å². The van der Waals surface area contributed by atoms with E-state index in [4.69, 9.17) is 0 Å². The summed E-state index contributed by atoms with van der Waals surface area (Å²) in [5.41, 5.74) is 0.936. The Morgan fingerprint density at radius 1 is 1.31 bits per heavy atom. The van der Waals surface area contributed by atoms with Gasteiger partial charge >= 0.3 is 0 Å². The van der Waals surface area contributed by atoms with Gasteiger partial charge in [0.05, 0.1) is 0 Å². The van der Waals surface area contributed by atoms with E-state index in [1.54, 1.807) is 0 Å². The molecule has 0 radical (unpaired) electrons. The molecule has 0 bridgehead atoms. The van der Waals surface area contributed by atoms with Gasteiger partial charge in [0.25, 0.3) is 0 Å². The van der Waals surface area contributed by atoms with Crippen LogP contribution >= 0.6 is 0 Å². The van der Waals surface area contributed by atoms with Gasteiger partial charge in [0.15, 0.2) is 0 Å². The number of hydrogen-bond donors (Lipinski definition) is 1. The molecule has 1 aliphatic rings. The Labute approximate surface area is 83.3 Å². The van der Waals surface area contributed by atoms with Crippen LogP contribution in [0.2, 0.25) is 0 Å². The molecule has 1 rings (SSSR count). The highest BCUT2D eigenvalue weighted by Crippen LogP contribution is 2.52. The number of rotatable bonds is 4. The third-order valence-electron chi connectivity index (χ3n) is 3.52. The second-order valence-corrected chi connectivity index (χ2v) is 5.78. The fraction of sp³-hybridized carbons (Fsp3) is 1.00. The summed E-state index contributed by atoms with van der Waals surface area (Å²) in [7, 11) is 0. The third kappa shape index (κ3) is 2.98. The van der Waals surface area contributed by atoms with Crippen molar-refractivity contribution < 1.29 is 0 Å². The Morgan fingerprint density at radius 2 is 1.85 bits per heavy atom. The Kier molecular flexibility index (Phi) is 3.06. The number of nitrogens with one attached hydrogen (secondary N) is 1. The quantitative estimate of drug-likeness (QED) is 0.706. The molecule has 13 heavy (non-hydrogen) atoms. The summed E-state index contributed by atoms with van der Waals surface area (Å²) in [4.78, 5) is 0. The Morgan fingerprint density at radius 3 is 2.15 bits per heavy atom. The van der Waals surface area contributed by atoms with E-state index in [1.165, 1.54) is 25.8 Å². The van der Waals surface area contributed by atoms with Crippen LogP contribution in [-0.2, 0) is 0 Å². The lowest BCUT2D eigenvalue weighted by Gasteiger charge is -2.28. The van der Waals surface area contributed by atoms with Gasteiger partial charge in [0.1, 0.15) is 0 Å². The van der Waals surface area contributed by atoms with Crippen molar-refractivity contribution in [1.29, 1.82) is 0 Å². The van der Waals surface area contributed by atoms with Crippen LogP contribution in [0.15, 0.2) is 0 Å². The molecule has 1 aliphatic carbocycles. The van der Waals surface area contributed by atoms with Gasteiger partial charge in [0, 0.05) is 12.1 Å². The monoisotopic (exact) mass is 183 g/mol. The minimum atomic E-state index is 0.281. The molecule has 1 N–H and O–H groups in total. The molecular formula is C12H25N. The standard InChI is InChI=1S/C12H25N/c1-6-10(2)12(7-8-12)9-13-11(3,4)5/h10,13H,6-9H2,1-5H3. The highest BCUT2D eigenvalue weighted by molar-refractivity contribution is 4.99. The minimum Gasteiger partial charge on any atom is -0.312 e. The first kappa shape index (κ1) is 11.0. The van der Waals surface area contributed by atoms with Crippen LogP contribution in [0.3, 0.4) is 0 Å². The van der Waals surface area contributed by atoms with Gasteiger partial charge in [-0.1, -0.05) is 20.3 Å². The minimum absolute atomic E-state index is 0.281. The fourth-order valence-electron chi connectivity index (χ4n) is 1.88. The van der Waals surface area contributed by atoms with Gasteiger partial charge in [-0.3, -0.25) is 0 Å². The first-order valence-electron chi connectivity index (χ1n) is 5.65. The lowest BCUT2D eigenvalue weighted by Crippen LogP contribution is -2.41. The average molecular weight is 183 g/mol. The first-order valence-corrected chi connectivity index (χ1v) is 5.65. The molecule has 1 nitrogen and oxygen atoms in total. The summed E-state index contributed by atoms with van der Waals surface area (Å²) >= 11 is 0. The van der Waals surface area contributed by atoms with Crippen molar-refractivity contribution >= 4 is 0 Å². The molecule has 1 saturated carbocycles. The van der Waals surface area contributed by atoms with Crippen LogP contribution in [0.5, 0.6) is 0 Å². The maximum absolute atomic E-state index is 3.64. The fourth-order valence-corrected chi connectivity index (χ4v) is 1.88. The molecule has 1 fully saturated rings. The molecule has 0 aliphatic heterocycles. The molecule has 0 aromatic carbocycles. The van der Waals surface area contributed by atoms with Crippen molar-refractivity contribution in [1.82, 2.24) is 5.32 Å². The van der Waals surface area contributed by atoms with E-state index in [0.29, 0.717) is 5.41 Å². The van der Waals surface area contributed by atoms with E-state index >= 15 is 0 Å². The predicted molar refractivity (Wildman–Crippen MR) is 58.9 cm³/mol. The summed E-state index contributed by atoms with van der Waals surface area (Å²) in [5, 5.41) is 3.64. The molecule has 0 aromatic heterocycles. The zero-order valence-electron chi connectivity index (χ0n) is 9.91. The Balaban J connectivity index is 2.36. The average Bonchev–Trinajstić information content (AvgIpc) is 2.79. The first-order chi connectivity index (χ1) is 5.90. The highest BCUT2D eigenvalue weighted by Gasteiger charge is 2.46. The molecule has 1 atom stereocenters. The van der Waals surface area contributed by atoms with E-state index in [9.17, 15) is 0 Å². The highest BCUT2D eigenvalue weighted by atomic mass is 15.0. The molecule has 0 heterocycles. The van der Waals surface area contributed by atoms with Crippen molar-refractivity contribution in [3.63, 3.8) is 0 Å². The van der Waals surface area contributed by atoms with Gasteiger partial charge in [0.2, 0.25) is 0 Å². The van der Waals surface area contributed by atoms with E-state index in [1.807, 2.05) is 0 Å². The summed E-state index contributed by atoms with van der Waals surface area (Å²) < 4.78 is 0. The van der Waals surface area contributed by atoms with Crippen LogP contribution in [0.1, 0.15) is 53.9 Å². The Bertz CT molecular complexity index is 162. The van der Waals surface area contributed by atoms with Crippen LogP contribution in [0.25, 0.3) is 0 Å². The smallest absolute Gasteiger partial charge is 0.00967 e. The molecule has 78 valence electrons. The predicted octanol–water partition coefficient (Wildman–Crippen LogP) is 3.20. The van der Waals surface area contributed by atoms with Gasteiger partial charge in [-0.25, -0.2) is 0 Å². The molecule has 1 heteroatoms. The van der Waals surface area contributed by atoms with Gasteiger partial charge in [-0.15, -0.1) is 0 Å². The molecule has 0 amide bonds. The summed E-state index contributed by atoms with van der Waals surface area (Å²) in [6.45, 7) is 12.7. The van der Waals surface area contributed by atoms with Crippen molar-refractivity contribution in [2.45, 2.75) is 59.4 Å². The summed E-state index contributed by atoms with van der Waals surface area (Å²) in [6.07, 6.45) is 4.20. The lowest BCUT2D eigenvalue weighted by molar-refractivity contribution is 0.273. The molecule has 0 aromatic rings. The van der Waals surface area contributed by atoms with Gasteiger partial charge < -0.3 is 5.32 Å². The van der Waals surface area contributed by atoms with Crippen LogP contribution in [0.4, 0.5) is 0 Å². The van der Waals surface area contributed by atoms with Gasteiger partial charge in [-0.2, -0.15) is 0 Å². The maximum Gasteiger partial charge on any atom is 0.00967 e. The number of hydrogen-bond acceptors (Lipinski definition) is 1. The second kappa shape index (κ2) is 3.61. The maximum atomic E-state index is 3.64. The van der Waals surface area contributed by atoms with Crippen molar-refractivity contribution in [2.24, 2.45) is 11.3 Å². The van der Waals surface area contributed by atoms with Crippen LogP contribution in [-0.4, -0.2) is 12.1 Å². The zero-order valence-corrected chi connectivity index (χ0v) is 9.91. The molecule has 1 unspecified atom stereocenters. The van der Waals surface area contributed by atoms with Gasteiger partial charge in [-0.05, 0) is 44.9 Å². The molecule has 0 saturated heterocycles. The lowest BCUT2D eigenvalue weighted by atomic mass is 9.88. The van der Waals surface area contributed by atoms with E-state index < -0.39 is 0 Å². The molecular weight excluding hydrogens is 158 g/mol. The SMILES string of the molecule is CCC(C)C1(CNC(C)(C)C)CC1.